The quantitative estimate of drug-likeness (QED) is 0.312. The molecule has 0 spiro atoms. The SMILES string of the molecule is CC(C)(C)OC(=O)Nc1sc2c(F)cnc(-c3c4c(c5cnc(N6CC[C@@H](N7CCC7)C6)nc5c3F)COC4)c2c1C#N. The molecular formula is C30H29F2N7O3S. The molecule has 0 bridgehead atoms. The summed E-state index contributed by atoms with van der Waals surface area (Å²) in [5.74, 6) is -0.880. The van der Waals surface area contributed by atoms with Crippen LogP contribution in [0, 0.1) is 23.0 Å². The van der Waals surface area contributed by atoms with E-state index in [-0.39, 0.29) is 50.6 Å². The summed E-state index contributed by atoms with van der Waals surface area (Å²) in [7, 11) is 0. The molecule has 13 heteroatoms. The summed E-state index contributed by atoms with van der Waals surface area (Å²) >= 11 is 0.870. The minimum absolute atomic E-state index is 0.0301. The number of fused-ring (bicyclic) bond motifs is 4. The number of pyridine rings is 1. The zero-order chi connectivity index (χ0) is 30.0. The van der Waals surface area contributed by atoms with Crippen molar-refractivity contribution in [1.82, 2.24) is 19.9 Å². The Kier molecular flexibility index (Phi) is 6.68. The van der Waals surface area contributed by atoms with Crippen LogP contribution in [0.15, 0.2) is 12.4 Å². The van der Waals surface area contributed by atoms with Gasteiger partial charge in [0.25, 0.3) is 0 Å². The van der Waals surface area contributed by atoms with Gasteiger partial charge in [0, 0.05) is 41.7 Å². The monoisotopic (exact) mass is 605 g/mol. The normalized spacial score (nSPS) is 18.6. The molecule has 43 heavy (non-hydrogen) atoms. The summed E-state index contributed by atoms with van der Waals surface area (Å²) < 4.78 is 43.0. The largest absolute Gasteiger partial charge is 0.444 e. The first-order valence-corrected chi connectivity index (χ1v) is 15.0. The fourth-order valence-corrected chi connectivity index (χ4v) is 7.12. The average Bonchev–Trinajstić information content (AvgIpc) is 3.67. The van der Waals surface area contributed by atoms with E-state index < -0.39 is 23.3 Å². The van der Waals surface area contributed by atoms with Gasteiger partial charge in [-0.3, -0.25) is 15.2 Å². The predicted molar refractivity (Wildman–Crippen MR) is 158 cm³/mol. The molecule has 1 aromatic carbocycles. The zero-order valence-electron chi connectivity index (χ0n) is 24.0. The molecule has 0 saturated carbocycles. The maximum atomic E-state index is 16.7. The molecular weight excluding hydrogens is 576 g/mol. The van der Waals surface area contributed by atoms with E-state index in [0.717, 1.165) is 55.7 Å². The van der Waals surface area contributed by atoms with Crippen LogP contribution < -0.4 is 10.2 Å². The smallest absolute Gasteiger partial charge is 0.412 e. The maximum absolute atomic E-state index is 16.7. The van der Waals surface area contributed by atoms with Crippen LogP contribution in [0.1, 0.15) is 50.3 Å². The number of nitrogens with one attached hydrogen (secondary N) is 1. The number of halogens is 2. The van der Waals surface area contributed by atoms with Crippen LogP contribution in [0.5, 0.6) is 0 Å². The molecule has 0 aliphatic carbocycles. The standard InChI is InChI=1S/C30H29F2N7O3S/c1-30(2,3)42-29(40)37-27-16(9-33)22-25(34-11-20(31)26(22)43-27)21-19-14-41-13-18(19)17-10-35-28(36-24(17)23(21)32)39-8-5-15(12-39)38-6-4-7-38/h10-11,15H,4-8,12-14H2,1-3H3,(H,37,40)/t15-/m1/s1. The van der Waals surface area contributed by atoms with E-state index in [1.54, 1.807) is 27.0 Å². The van der Waals surface area contributed by atoms with E-state index in [1.807, 2.05) is 0 Å². The van der Waals surface area contributed by atoms with Gasteiger partial charge in [-0.25, -0.2) is 23.5 Å². The number of aromatic nitrogens is 3. The Labute approximate surface area is 250 Å². The molecule has 1 amide bonds. The summed E-state index contributed by atoms with van der Waals surface area (Å²) in [4.78, 5) is 30.7. The molecule has 6 heterocycles. The molecule has 3 aliphatic heterocycles. The first-order valence-electron chi connectivity index (χ1n) is 14.2. The maximum Gasteiger partial charge on any atom is 0.412 e. The van der Waals surface area contributed by atoms with Gasteiger partial charge in [0.05, 0.1) is 35.4 Å². The molecule has 3 aliphatic rings. The van der Waals surface area contributed by atoms with E-state index in [1.165, 1.54) is 6.42 Å². The third-order valence-corrected chi connectivity index (χ3v) is 9.29. The van der Waals surface area contributed by atoms with Gasteiger partial charge in [0.1, 0.15) is 22.2 Å². The number of anilines is 2. The van der Waals surface area contributed by atoms with Crippen molar-refractivity contribution in [1.29, 1.82) is 5.26 Å². The van der Waals surface area contributed by atoms with Crippen LogP contribution in [-0.4, -0.2) is 63.8 Å². The van der Waals surface area contributed by atoms with Gasteiger partial charge >= 0.3 is 6.09 Å². The molecule has 222 valence electrons. The number of nitrogens with zero attached hydrogens (tertiary/aromatic N) is 6. The third-order valence-electron chi connectivity index (χ3n) is 8.17. The third kappa shape index (κ3) is 4.74. The Balaban J connectivity index is 1.37. The molecule has 4 aromatic rings. The summed E-state index contributed by atoms with van der Waals surface area (Å²) in [5.41, 5.74) is 0.783. The fraction of sp³-hybridized carbons (Fsp3) is 0.433. The summed E-state index contributed by atoms with van der Waals surface area (Å²) in [6.45, 7) is 9.22. The van der Waals surface area contributed by atoms with Gasteiger partial charge in [0.15, 0.2) is 11.6 Å². The van der Waals surface area contributed by atoms with E-state index >= 15 is 8.78 Å². The topological polar surface area (TPSA) is 116 Å². The highest BCUT2D eigenvalue weighted by atomic mass is 32.1. The fourth-order valence-electron chi connectivity index (χ4n) is 6.08. The van der Waals surface area contributed by atoms with Crippen molar-refractivity contribution in [2.45, 2.75) is 58.5 Å². The summed E-state index contributed by atoms with van der Waals surface area (Å²) in [6.07, 6.45) is 4.07. The van der Waals surface area contributed by atoms with E-state index in [2.05, 4.69) is 31.2 Å². The van der Waals surface area contributed by atoms with Crippen molar-refractivity contribution < 1.29 is 23.0 Å². The number of ether oxygens (including phenoxy) is 2. The summed E-state index contributed by atoms with van der Waals surface area (Å²) in [6, 6.07) is 2.50. The Hall–Kier alpha value is -3.99. The number of benzene rings is 1. The van der Waals surface area contributed by atoms with E-state index in [0.29, 0.717) is 22.9 Å². The lowest BCUT2D eigenvalue weighted by molar-refractivity contribution is 0.0636. The average molecular weight is 606 g/mol. The molecule has 1 atom stereocenters. The van der Waals surface area contributed by atoms with Crippen LogP contribution >= 0.6 is 11.3 Å². The highest BCUT2D eigenvalue weighted by molar-refractivity contribution is 7.23. The number of amides is 1. The van der Waals surface area contributed by atoms with Gasteiger partial charge in [-0.1, -0.05) is 0 Å². The van der Waals surface area contributed by atoms with Gasteiger partial charge in [-0.15, -0.1) is 11.3 Å². The van der Waals surface area contributed by atoms with E-state index in [4.69, 9.17) is 14.5 Å². The highest BCUT2D eigenvalue weighted by Gasteiger charge is 2.34. The lowest BCUT2D eigenvalue weighted by atomic mass is 9.94. The van der Waals surface area contributed by atoms with Crippen molar-refractivity contribution >= 4 is 49.4 Å². The van der Waals surface area contributed by atoms with Gasteiger partial charge in [0.2, 0.25) is 5.95 Å². The lowest BCUT2D eigenvalue weighted by Crippen LogP contribution is -2.46. The molecule has 7 rings (SSSR count). The van der Waals surface area contributed by atoms with Gasteiger partial charge < -0.3 is 14.4 Å². The van der Waals surface area contributed by atoms with Crippen molar-refractivity contribution in [2.75, 3.05) is 36.4 Å². The van der Waals surface area contributed by atoms with E-state index in [9.17, 15) is 10.1 Å². The number of carbonyl (C=O) groups is 1. The van der Waals surface area contributed by atoms with Crippen LogP contribution in [0.3, 0.4) is 0 Å². The van der Waals surface area contributed by atoms with Gasteiger partial charge in [-0.2, -0.15) is 5.26 Å². The van der Waals surface area contributed by atoms with Gasteiger partial charge in [-0.05, 0) is 57.8 Å². The Morgan fingerprint density at radius 2 is 1.98 bits per heavy atom. The Bertz CT molecular complexity index is 1840. The minimum atomic E-state index is -0.792. The number of thiophene rings is 1. The Morgan fingerprint density at radius 1 is 1.19 bits per heavy atom. The van der Waals surface area contributed by atoms with Crippen molar-refractivity contribution in [2.24, 2.45) is 0 Å². The molecule has 3 aromatic heterocycles. The van der Waals surface area contributed by atoms with Crippen LogP contribution in [-0.2, 0) is 22.7 Å². The number of carbonyl (C=O) groups excluding carboxylic acids is 1. The molecule has 10 nitrogen and oxygen atoms in total. The van der Waals surface area contributed by atoms with Crippen LogP contribution in [0.2, 0.25) is 0 Å². The molecule has 2 fully saturated rings. The van der Waals surface area contributed by atoms with Crippen molar-refractivity contribution in [3.8, 4) is 17.3 Å². The molecule has 0 radical (unpaired) electrons. The second-order valence-corrected chi connectivity index (χ2v) is 13.1. The summed E-state index contributed by atoms with van der Waals surface area (Å²) in [5, 5.41) is 13.5. The lowest BCUT2D eigenvalue weighted by Gasteiger charge is -2.36. The molecule has 1 N–H and O–H groups in total. The van der Waals surface area contributed by atoms with Crippen LogP contribution in [0.25, 0.3) is 32.2 Å². The second-order valence-electron chi connectivity index (χ2n) is 12.1. The molecule has 0 unspecified atom stereocenters. The number of hydrogen-bond donors (Lipinski definition) is 1. The predicted octanol–water partition coefficient (Wildman–Crippen LogP) is 5.72. The number of nitriles is 1. The van der Waals surface area contributed by atoms with Crippen molar-refractivity contribution in [3.63, 3.8) is 0 Å². The number of likely N-dealkylation sites (tertiary alicyclic amines) is 1. The number of rotatable bonds is 4. The zero-order valence-corrected chi connectivity index (χ0v) is 24.8. The first-order chi connectivity index (χ1) is 20.6. The second kappa shape index (κ2) is 10.3. The molecule has 2 saturated heterocycles. The number of hydrogen-bond acceptors (Lipinski definition) is 10. The van der Waals surface area contributed by atoms with Crippen LogP contribution in [0.4, 0.5) is 24.5 Å². The first kappa shape index (κ1) is 27.8. The Morgan fingerprint density at radius 3 is 2.70 bits per heavy atom. The highest BCUT2D eigenvalue weighted by Crippen LogP contribution is 2.46. The minimum Gasteiger partial charge on any atom is -0.444 e. The van der Waals surface area contributed by atoms with Crippen molar-refractivity contribution in [3.05, 3.63) is 40.7 Å².